The van der Waals surface area contributed by atoms with Crippen LogP contribution in [0.25, 0.3) is 0 Å². The second-order valence-corrected chi connectivity index (χ2v) is 5.41. The lowest BCUT2D eigenvalue weighted by Gasteiger charge is -2.22. The van der Waals surface area contributed by atoms with Gasteiger partial charge in [-0.25, -0.2) is 4.79 Å². The number of aromatic nitrogens is 2. The number of nitrogens with zero attached hydrogens (tertiary/aromatic N) is 2. The molecule has 0 aromatic carbocycles. The molecule has 0 aliphatic heterocycles. The summed E-state index contributed by atoms with van der Waals surface area (Å²) < 4.78 is 3.45. The number of hydrogen-bond acceptors (Lipinski definition) is 2. The van der Waals surface area contributed by atoms with E-state index in [0.29, 0.717) is 11.5 Å². The molecular formula is C12H21N3OS. The second kappa shape index (κ2) is 5.49. The number of aryl methyl sites for hydroxylation is 2. The summed E-state index contributed by atoms with van der Waals surface area (Å²) in [6.07, 6.45) is 5.40. The molecule has 0 bridgehead atoms. The Labute approximate surface area is 107 Å². The summed E-state index contributed by atoms with van der Waals surface area (Å²) in [5.41, 5.74) is 5.50. The van der Waals surface area contributed by atoms with Crippen LogP contribution in [-0.2, 0) is 13.1 Å². The molecule has 96 valence electrons. The molecule has 0 aliphatic carbocycles. The zero-order valence-corrected chi connectivity index (χ0v) is 11.6. The van der Waals surface area contributed by atoms with Crippen molar-refractivity contribution in [1.82, 2.24) is 9.13 Å². The molecule has 0 saturated carbocycles. The van der Waals surface area contributed by atoms with Gasteiger partial charge in [-0.3, -0.25) is 9.13 Å². The van der Waals surface area contributed by atoms with Gasteiger partial charge in [-0.15, -0.1) is 0 Å². The van der Waals surface area contributed by atoms with Gasteiger partial charge in [0.05, 0.1) is 4.99 Å². The van der Waals surface area contributed by atoms with Crippen molar-refractivity contribution >= 4 is 17.2 Å². The van der Waals surface area contributed by atoms with Gasteiger partial charge in [-0.05, 0) is 12.8 Å². The van der Waals surface area contributed by atoms with Crippen LogP contribution < -0.4 is 11.4 Å². The highest BCUT2D eigenvalue weighted by molar-refractivity contribution is 7.80. The van der Waals surface area contributed by atoms with E-state index in [1.165, 1.54) is 0 Å². The fraction of sp³-hybridized carbons (Fsp3) is 0.667. The molecule has 1 aromatic heterocycles. The molecule has 0 saturated heterocycles. The van der Waals surface area contributed by atoms with E-state index < -0.39 is 0 Å². The fourth-order valence-electron chi connectivity index (χ4n) is 1.56. The molecule has 0 atom stereocenters. The Balaban J connectivity index is 2.71. The Bertz CT molecular complexity index is 445. The van der Waals surface area contributed by atoms with Crippen molar-refractivity contribution in [3.63, 3.8) is 0 Å². The first-order valence-electron chi connectivity index (χ1n) is 5.94. The molecule has 0 radical (unpaired) electrons. The molecule has 0 fully saturated rings. The average Bonchev–Trinajstić information content (AvgIpc) is 2.58. The van der Waals surface area contributed by atoms with Crippen molar-refractivity contribution in [2.45, 2.75) is 46.7 Å². The first-order valence-corrected chi connectivity index (χ1v) is 6.35. The summed E-state index contributed by atoms with van der Waals surface area (Å²) in [5, 5.41) is 0. The first-order chi connectivity index (χ1) is 7.88. The summed E-state index contributed by atoms with van der Waals surface area (Å²) in [5.74, 6) is 0. The number of imidazole rings is 1. The highest BCUT2D eigenvalue weighted by Crippen LogP contribution is 2.20. The Morgan fingerprint density at radius 1 is 1.35 bits per heavy atom. The van der Waals surface area contributed by atoms with Crippen molar-refractivity contribution in [3.05, 3.63) is 22.9 Å². The van der Waals surface area contributed by atoms with E-state index >= 15 is 0 Å². The topological polar surface area (TPSA) is 52.9 Å². The minimum absolute atomic E-state index is 0.0468. The molecule has 1 rings (SSSR count). The maximum Gasteiger partial charge on any atom is 0.328 e. The fourth-order valence-corrected chi connectivity index (χ4v) is 1.66. The molecule has 5 heteroatoms. The van der Waals surface area contributed by atoms with E-state index in [4.69, 9.17) is 18.0 Å². The van der Waals surface area contributed by atoms with Gasteiger partial charge in [-0.2, -0.15) is 0 Å². The van der Waals surface area contributed by atoms with Gasteiger partial charge in [0.25, 0.3) is 0 Å². The number of nitrogens with two attached hydrogens (primary N) is 1. The van der Waals surface area contributed by atoms with Gasteiger partial charge >= 0.3 is 5.69 Å². The van der Waals surface area contributed by atoms with Crippen LogP contribution in [0.4, 0.5) is 0 Å². The number of rotatable bonds is 6. The van der Waals surface area contributed by atoms with Crippen molar-refractivity contribution in [2.24, 2.45) is 11.1 Å². The smallest absolute Gasteiger partial charge is 0.328 e. The predicted octanol–water partition coefficient (Wildman–Crippen LogP) is 1.76. The SMILES string of the molecule is CCCn1ccn(CCC(C)(C)C(N)=S)c1=O. The van der Waals surface area contributed by atoms with Gasteiger partial charge in [0.1, 0.15) is 0 Å². The van der Waals surface area contributed by atoms with E-state index in [9.17, 15) is 4.79 Å². The zero-order valence-electron chi connectivity index (χ0n) is 10.8. The molecule has 0 spiro atoms. The number of thiocarbonyl (C=S) groups is 1. The van der Waals surface area contributed by atoms with Crippen molar-refractivity contribution in [2.75, 3.05) is 0 Å². The van der Waals surface area contributed by atoms with Gasteiger partial charge in [-0.1, -0.05) is 33.0 Å². The molecular weight excluding hydrogens is 234 g/mol. The molecule has 0 amide bonds. The third-order valence-electron chi connectivity index (χ3n) is 3.03. The third kappa shape index (κ3) is 3.43. The zero-order chi connectivity index (χ0) is 13.1. The second-order valence-electron chi connectivity index (χ2n) is 4.97. The van der Waals surface area contributed by atoms with Crippen LogP contribution in [0.3, 0.4) is 0 Å². The monoisotopic (exact) mass is 255 g/mol. The van der Waals surface area contributed by atoms with Crippen LogP contribution in [-0.4, -0.2) is 14.1 Å². The highest BCUT2D eigenvalue weighted by atomic mass is 32.1. The van der Waals surface area contributed by atoms with Crippen molar-refractivity contribution < 1.29 is 0 Å². The van der Waals surface area contributed by atoms with Gasteiger partial charge < -0.3 is 5.73 Å². The standard InChI is InChI=1S/C12H21N3OS/c1-4-6-14-8-9-15(11(14)16)7-5-12(2,3)10(13)17/h8-9H,4-7H2,1-3H3,(H2,13,17). The maximum atomic E-state index is 11.9. The number of hydrogen-bond donors (Lipinski definition) is 1. The average molecular weight is 255 g/mol. The van der Waals surface area contributed by atoms with Gasteiger partial charge in [0, 0.05) is 30.9 Å². The third-order valence-corrected chi connectivity index (χ3v) is 3.58. The lowest BCUT2D eigenvalue weighted by molar-refractivity contribution is 0.427. The minimum Gasteiger partial charge on any atom is -0.393 e. The summed E-state index contributed by atoms with van der Waals surface area (Å²) in [6, 6.07) is 0. The Morgan fingerprint density at radius 2 is 1.88 bits per heavy atom. The highest BCUT2D eigenvalue weighted by Gasteiger charge is 2.21. The van der Waals surface area contributed by atoms with Crippen LogP contribution in [0.1, 0.15) is 33.6 Å². The van der Waals surface area contributed by atoms with Crippen LogP contribution in [0.15, 0.2) is 17.2 Å². The van der Waals surface area contributed by atoms with Crippen molar-refractivity contribution in [1.29, 1.82) is 0 Å². The molecule has 1 heterocycles. The van der Waals surface area contributed by atoms with E-state index in [2.05, 4.69) is 6.92 Å². The van der Waals surface area contributed by atoms with E-state index in [1.54, 1.807) is 9.13 Å². The summed E-state index contributed by atoms with van der Waals surface area (Å²) in [6.45, 7) is 7.48. The van der Waals surface area contributed by atoms with Crippen molar-refractivity contribution in [3.8, 4) is 0 Å². The van der Waals surface area contributed by atoms with Gasteiger partial charge in [0.2, 0.25) is 0 Å². The maximum absolute atomic E-state index is 11.9. The lowest BCUT2D eigenvalue weighted by Crippen LogP contribution is -2.32. The molecule has 1 aromatic rings. The molecule has 4 nitrogen and oxygen atoms in total. The predicted molar refractivity (Wildman–Crippen MR) is 74.2 cm³/mol. The quantitative estimate of drug-likeness (QED) is 0.788. The summed E-state index contributed by atoms with van der Waals surface area (Å²) in [4.78, 5) is 12.4. The van der Waals surface area contributed by atoms with Crippen LogP contribution >= 0.6 is 12.2 Å². The first kappa shape index (κ1) is 14.0. The molecule has 0 aliphatic rings. The largest absolute Gasteiger partial charge is 0.393 e. The molecule has 17 heavy (non-hydrogen) atoms. The van der Waals surface area contributed by atoms with E-state index in [0.717, 1.165) is 19.4 Å². The van der Waals surface area contributed by atoms with Crippen LogP contribution in [0.5, 0.6) is 0 Å². The summed E-state index contributed by atoms with van der Waals surface area (Å²) >= 11 is 5.01. The van der Waals surface area contributed by atoms with Gasteiger partial charge in [0.15, 0.2) is 0 Å². The Kier molecular flexibility index (Phi) is 4.51. The Hall–Kier alpha value is -1.10. The lowest BCUT2D eigenvalue weighted by atomic mass is 9.89. The van der Waals surface area contributed by atoms with Crippen LogP contribution in [0.2, 0.25) is 0 Å². The molecule has 0 unspecified atom stereocenters. The minimum atomic E-state index is -0.207. The van der Waals surface area contributed by atoms with E-state index in [-0.39, 0.29) is 11.1 Å². The van der Waals surface area contributed by atoms with E-state index in [1.807, 2.05) is 26.2 Å². The van der Waals surface area contributed by atoms with Crippen LogP contribution in [0, 0.1) is 5.41 Å². The summed E-state index contributed by atoms with van der Waals surface area (Å²) in [7, 11) is 0. The Morgan fingerprint density at radius 3 is 2.35 bits per heavy atom. The molecule has 2 N–H and O–H groups in total. The normalized spacial score (nSPS) is 11.7.